The fourth-order valence-electron chi connectivity index (χ4n) is 1.96. The fourth-order valence-corrected chi connectivity index (χ4v) is 3.98. The van der Waals surface area contributed by atoms with Gasteiger partial charge in [-0.2, -0.15) is 0 Å². The van der Waals surface area contributed by atoms with Crippen LogP contribution in [0.25, 0.3) is 10.2 Å². The Kier molecular flexibility index (Phi) is 4.47. The number of nitrogens with one attached hydrogen (secondary N) is 1. The van der Waals surface area contributed by atoms with Gasteiger partial charge < -0.3 is 5.32 Å². The number of nitrogens with zero attached hydrogens (tertiary/aromatic N) is 1. The highest BCUT2D eigenvalue weighted by atomic mass is 79.9. The molecule has 0 spiro atoms. The maximum Gasteiger partial charge on any atom is 0.150 e. The molecule has 1 heterocycles. The second-order valence-electron chi connectivity index (χ2n) is 4.46. The van der Waals surface area contributed by atoms with Crippen LogP contribution in [-0.4, -0.2) is 11.2 Å². The zero-order valence-corrected chi connectivity index (χ0v) is 14.4. The van der Waals surface area contributed by atoms with Crippen LogP contribution in [0.2, 0.25) is 0 Å². The molecule has 0 aliphatic rings. The molecule has 2 aromatic carbocycles. The van der Waals surface area contributed by atoms with Gasteiger partial charge in [0.2, 0.25) is 0 Å². The third-order valence-corrected chi connectivity index (χ3v) is 5.78. The van der Waals surface area contributed by atoms with E-state index >= 15 is 0 Å². The van der Waals surface area contributed by atoms with Crippen LogP contribution in [0.5, 0.6) is 0 Å². The monoisotopic (exact) mass is 382 g/mol. The second-order valence-corrected chi connectivity index (χ2v) is 7.39. The van der Waals surface area contributed by atoms with Crippen molar-refractivity contribution < 1.29 is 4.39 Å². The minimum absolute atomic E-state index is 0.235. The number of hydrogen-bond acceptors (Lipinski definition) is 4. The van der Waals surface area contributed by atoms with Crippen molar-refractivity contribution >= 4 is 54.9 Å². The second kappa shape index (κ2) is 6.34. The molecule has 0 amide bonds. The van der Waals surface area contributed by atoms with Crippen molar-refractivity contribution in [3.63, 3.8) is 0 Å². The number of halogens is 2. The molecule has 0 unspecified atom stereocenters. The third kappa shape index (κ3) is 3.39. The molecule has 21 heavy (non-hydrogen) atoms. The highest BCUT2D eigenvalue weighted by molar-refractivity contribution is 9.10. The molecule has 108 valence electrons. The summed E-state index contributed by atoms with van der Waals surface area (Å²) in [5.74, 6) is -0.235. The Morgan fingerprint density at radius 1 is 1.29 bits per heavy atom. The number of fused-ring (bicyclic) bond motifs is 1. The van der Waals surface area contributed by atoms with E-state index < -0.39 is 0 Å². The summed E-state index contributed by atoms with van der Waals surface area (Å²) in [6.45, 7) is 0.639. The highest BCUT2D eigenvalue weighted by Gasteiger charge is 2.05. The quantitative estimate of drug-likeness (QED) is 0.600. The standard InChI is InChI=1S/C15H12BrFN2S2/c1-20-15-19-13-5-4-11(7-14(13)21-15)18-8-9-2-3-10(17)6-12(9)16/h2-7,18H,8H2,1H3. The number of rotatable bonds is 4. The molecule has 1 N–H and O–H groups in total. The normalized spacial score (nSPS) is 11.0. The summed E-state index contributed by atoms with van der Waals surface area (Å²) < 4.78 is 16.1. The van der Waals surface area contributed by atoms with Gasteiger partial charge in [0, 0.05) is 16.7 Å². The zero-order valence-electron chi connectivity index (χ0n) is 11.2. The van der Waals surface area contributed by atoms with E-state index in [2.05, 4.69) is 32.3 Å². The zero-order chi connectivity index (χ0) is 14.8. The lowest BCUT2D eigenvalue weighted by Crippen LogP contribution is -2.00. The van der Waals surface area contributed by atoms with Crippen molar-refractivity contribution in [2.45, 2.75) is 10.9 Å². The summed E-state index contributed by atoms with van der Waals surface area (Å²) in [5.41, 5.74) is 3.08. The van der Waals surface area contributed by atoms with Gasteiger partial charge in [-0.15, -0.1) is 11.3 Å². The van der Waals surface area contributed by atoms with Crippen LogP contribution in [0.4, 0.5) is 10.1 Å². The van der Waals surface area contributed by atoms with Crippen molar-refractivity contribution in [1.82, 2.24) is 4.98 Å². The average Bonchev–Trinajstić information content (AvgIpc) is 2.88. The van der Waals surface area contributed by atoms with Gasteiger partial charge in [-0.1, -0.05) is 33.8 Å². The van der Waals surface area contributed by atoms with Gasteiger partial charge in [0.05, 0.1) is 10.2 Å². The van der Waals surface area contributed by atoms with Crippen LogP contribution in [-0.2, 0) is 6.54 Å². The van der Waals surface area contributed by atoms with E-state index in [1.54, 1.807) is 29.2 Å². The van der Waals surface area contributed by atoms with Gasteiger partial charge in [-0.25, -0.2) is 9.37 Å². The average molecular weight is 383 g/mol. The van der Waals surface area contributed by atoms with E-state index in [4.69, 9.17) is 0 Å². The first-order valence-corrected chi connectivity index (χ1v) is 9.11. The number of thiazole rings is 1. The lowest BCUT2D eigenvalue weighted by Gasteiger charge is -2.08. The summed E-state index contributed by atoms with van der Waals surface area (Å²) in [6, 6.07) is 10.9. The minimum atomic E-state index is -0.235. The van der Waals surface area contributed by atoms with Crippen LogP contribution in [0.1, 0.15) is 5.56 Å². The largest absolute Gasteiger partial charge is 0.381 e. The van der Waals surface area contributed by atoms with E-state index in [1.807, 2.05) is 18.4 Å². The molecule has 0 aliphatic carbocycles. The molecule has 6 heteroatoms. The van der Waals surface area contributed by atoms with Crippen molar-refractivity contribution in [2.75, 3.05) is 11.6 Å². The molecule has 0 atom stereocenters. The summed E-state index contributed by atoms with van der Waals surface area (Å²) in [4.78, 5) is 4.52. The Balaban J connectivity index is 1.78. The summed E-state index contributed by atoms with van der Waals surface area (Å²) in [5, 5.41) is 3.36. The maximum absolute atomic E-state index is 13.1. The molecule has 2 nitrogen and oxygen atoms in total. The molecule has 0 saturated carbocycles. The molecular weight excluding hydrogens is 371 g/mol. The molecule has 0 bridgehead atoms. The summed E-state index contributed by atoms with van der Waals surface area (Å²) in [7, 11) is 0. The molecule has 0 aliphatic heterocycles. The Labute approximate surface area is 138 Å². The first kappa shape index (κ1) is 14.8. The Hall–Kier alpha value is -1.11. The van der Waals surface area contributed by atoms with Crippen LogP contribution in [0, 0.1) is 5.82 Å². The Morgan fingerprint density at radius 3 is 2.90 bits per heavy atom. The minimum Gasteiger partial charge on any atom is -0.381 e. The fraction of sp³-hybridized carbons (Fsp3) is 0.133. The first-order chi connectivity index (χ1) is 10.2. The maximum atomic E-state index is 13.1. The number of benzene rings is 2. The number of anilines is 1. The summed E-state index contributed by atoms with van der Waals surface area (Å²) in [6.07, 6.45) is 2.03. The molecule has 3 aromatic rings. The highest BCUT2D eigenvalue weighted by Crippen LogP contribution is 2.30. The predicted octanol–water partition coefficient (Wildman–Crippen LogP) is 5.53. The first-order valence-electron chi connectivity index (χ1n) is 6.28. The van der Waals surface area contributed by atoms with E-state index in [-0.39, 0.29) is 5.82 Å². The van der Waals surface area contributed by atoms with Gasteiger partial charge in [0.25, 0.3) is 0 Å². The van der Waals surface area contributed by atoms with Gasteiger partial charge in [0.1, 0.15) is 5.82 Å². The van der Waals surface area contributed by atoms with E-state index in [0.29, 0.717) is 6.54 Å². The van der Waals surface area contributed by atoms with Gasteiger partial charge in [0.15, 0.2) is 4.34 Å². The smallest absolute Gasteiger partial charge is 0.150 e. The van der Waals surface area contributed by atoms with E-state index in [0.717, 1.165) is 25.6 Å². The third-order valence-electron chi connectivity index (χ3n) is 3.04. The number of hydrogen-bond donors (Lipinski definition) is 1. The van der Waals surface area contributed by atoms with E-state index in [9.17, 15) is 4.39 Å². The summed E-state index contributed by atoms with van der Waals surface area (Å²) >= 11 is 6.73. The van der Waals surface area contributed by atoms with Crippen LogP contribution in [0.3, 0.4) is 0 Å². The number of aromatic nitrogens is 1. The van der Waals surface area contributed by atoms with Crippen LogP contribution >= 0.6 is 39.0 Å². The molecule has 1 aromatic heterocycles. The van der Waals surface area contributed by atoms with Crippen molar-refractivity contribution in [2.24, 2.45) is 0 Å². The lowest BCUT2D eigenvalue weighted by molar-refractivity contribution is 0.626. The number of thioether (sulfide) groups is 1. The molecule has 0 fully saturated rings. The van der Waals surface area contributed by atoms with Gasteiger partial charge >= 0.3 is 0 Å². The van der Waals surface area contributed by atoms with Crippen LogP contribution < -0.4 is 5.32 Å². The van der Waals surface area contributed by atoms with E-state index in [1.165, 1.54) is 16.8 Å². The lowest BCUT2D eigenvalue weighted by atomic mass is 10.2. The molecule has 3 rings (SSSR count). The van der Waals surface area contributed by atoms with Crippen molar-refractivity contribution in [3.8, 4) is 0 Å². The molecule has 0 saturated heterocycles. The molecular formula is C15H12BrFN2S2. The Bertz CT molecular complexity index is 788. The van der Waals surface area contributed by atoms with Gasteiger partial charge in [-0.05, 0) is 42.2 Å². The topological polar surface area (TPSA) is 24.9 Å². The van der Waals surface area contributed by atoms with Gasteiger partial charge in [-0.3, -0.25) is 0 Å². The SMILES string of the molecule is CSc1nc2ccc(NCc3ccc(F)cc3Br)cc2s1. The predicted molar refractivity (Wildman–Crippen MR) is 92.8 cm³/mol. The Morgan fingerprint density at radius 2 is 2.14 bits per heavy atom. The molecule has 0 radical (unpaired) electrons. The van der Waals surface area contributed by atoms with Crippen molar-refractivity contribution in [3.05, 3.63) is 52.3 Å². The van der Waals surface area contributed by atoms with Crippen LogP contribution in [0.15, 0.2) is 45.2 Å². The van der Waals surface area contributed by atoms with Crippen molar-refractivity contribution in [1.29, 1.82) is 0 Å².